The Morgan fingerprint density at radius 3 is 2.37 bits per heavy atom. The van der Waals surface area contributed by atoms with E-state index in [-0.39, 0.29) is 12.1 Å². The van der Waals surface area contributed by atoms with Gasteiger partial charge < -0.3 is 15.4 Å². The van der Waals surface area contributed by atoms with E-state index in [1.54, 1.807) is 0 Å². The van der Waals surface area contributed by atoms with Gasteiger partial charge in [0, 0.05) is 30.6 Å². The fourth-order valence-corrected chi connectivity index (χ4v) is 3.96. The van der Waals surface area contributed by atoms with E-state index in [1.165, 1.54) is 18.5 Å². The lowest BCUT2D eigenvalue weighted by Gasteiger charge is -2.41. The second-order valence-corrected chi connectivity index (χ2v) is 8.44. The lowest BCUT2D eigenvalue weighted by molar-refractivity contribution is -0.104. The quantitative estimate of drug-likeness (QED) is 0.458. The van der Waals surface area contributed by atoms with Crippen molar-refractivity contribution in [2.75, 3.05) is 13.7 Å². The van der Waals surface area contributed by atoms with Gasteiger partial charge in [0.1, 0.15) is 6.29 Å². The first-order chi connectivity index (χ1) is 13.1. The van der Waals surface area contributed by atoms with E-state index in [0.29, 0.717) is 24.5 Å². The van der Waals surface area contributed by atoms with Crippen LogP contribution in [0.15, 0.2) is 23.4 Å². The first-order valence-corrected chi connectivity index (χ1v) is 10.5. The molecule has 2 atom stereocenters. The molecule has 2 saturated carbocycles. The van der Waals surface area contributed by atoms with E-state index in [4.69, 9.17) is 10.5 Å². The van der Waals surface area contributed by atoms with Gasteiger partial charge in [0.25, 0.3) is 0 Å². The van der Waals surface area contributed by atoms with Crippen LogP contribution in [0.4, 0.5) is 0 Å². The van der Waals surface area contributed by atoms with Gasteiger partial charge in [-0.3, -0.25) is 4.79 Å². The highest BCUT2D eigenvalue weighted by Gasteiger charge is 2.30. The lowest BCUT2D eigenvalue weighted by atomic mass is 9.87. The Bertz CT molecular complexity index is 630. The molecule has 0 aromatic carbocycles. The smallest absolute Gasteiger partial charge is 0.145 e. The standard InChI is InChI=1S/C23H34N2O2/c1-17(15-26)3-10-20-11-14-22(24)23(25(20)2)16-27-21-12-8-19(9-13-21)7-6-18-4-5-18/h3,10,15,18-19,21-23H,4-5,8-9,11-14,16,24H2,1-2H3/b17-3-,20-10-. The second kappa shape index (κ2) is 9.57. The molecule has 0 aromatic heterocycles. The number of carbonyl (C=O) groups is 1. The Morgan fingerprint density at radius 2 is 1.78 bits per heavy atom. The van der Waals surface area contributed by atoms with Crippen LogP contribution in [0.5, 0.6) is 0 Å². The number of hydrogen-bond donors (Lipinski definition) is 1. The van der Waals surface area contributed by atoms with Gasteiger partial charge in [-0.25, -0.2) is 0 Å². The first kappa shape index (κ1) is 20.2. The molecule has 2 aliphatic carbocycles. The third-order valence-corrected chi connectivity index (χ3v) is 6.15. The van der Waals surface area contributed by atoms with E-state index in [2.05, 4.69) is 23.8 Å². The van der Waals surface area contributed by atoms with Crippen LogP contribution in [0, 0.1) is 23.7 Å². The monoisotopic (exact) mass is 370 g/mol. The lowest BCUT2D eigenvalue weighted by Crippen LogP contribution is -2.52. The van der Waals surface area contributed by atoms with Crippen molar-refractivity contribution in [3.05, 3.63) is 23.4 Å². The number of rotatable bonds is 5. The molecule has 0 radical (unpaired) electrons. The molecule has 0 spiro atoms. The summed E-state index contributed by atoms with van der Waals surface area (Å²) in [6.45, 7) is 2.50. The molecular formula is C23H34N2O2. The average Bonchev–Trinajstić information content (AvgIpc) is 3.50. The summed E-state index contributed by atoms with van der Waals surface area (Å²) in [6, 6.07) is 0.325. The minimum Gasteiger partial charge on any atom is -0.376 e. The molecule has 2 unspecified atom stereocenters. The molecule has 4 heteroatoms. The zero-order valence-electron chi connectivity index (χ0n) is 16.8. The maximum Gasteiger partial charge on any atom is 0.145 e. The number of ether oxygens (including phenoxy) is 1. The molecule has 0 aromatic rings. The third kappa shape index (κ3) is 5.96. The Hall–Kier alpha value is -1.57. The number of hydrogen-bond acceptors (Lipinski definition) is 4. The number of likely N-dealkylation sites (tertiary alicyclic amines) is 1. The highest BCUT2D eigenvalue weighted by molar-refractivity contribution is 5.72. The zero-order chi connectivity index (χ0) is 19.2. The number of nitrogens with two attached hydrogens (primary N) is 1. The highest BCUT2D eigenvalue weighted by Crippen LogP contribution is 2.30. The molecule has 148 valence electrons. The molecule has 3 fully saturated rings. The fraction of sp³-hybridized carbons (Fsp3) is 0.696. The van der Waals surface area contributed by atoms with E-state index < -0.39 is 0 Å². The van der Waals surface area contributed by atoms with Gasteiger partial charge in [-0.15, -0.1) is 0 Å². The second-order valence-electron chi connectivity index (χ2n) is 8.44. The topological polar surface area (TPSA) is 55.6 Å². The summed E-state index contributed by atoms with van der Waals surface area (Å²) >= 11 is 0. The largest absolute Gasteiger partial charge is 0.376 e. The summed E-state index contributed by atoms with van der Waals surface area (Å²) in [5, 5.41) is 0. The minimum absolute atomic E-state index is 0.129. The van der Waals surface area contributed by atoms with Crippen molar-refractivity contribution in [2.24, 2.45) is 17.6 Å². The van der Waals surface area contributed by atoms with Crippen LogP contribution in [-0.2, 0) is 9.53 Å². The summed E-state index contributed by atoms with van der Waals surface area (Å²) in [5.41, 5.74) is 8.35. The van der Waals surface area contributed by atoms with E-state index >= 15 is 0 Å². The molecule has 0 amide bonds. The summed E-state index contributed by atoms with van der Waals surface area (Å²) in [6.07, 6.45) is 14.2. The predicted octanol–water partition coefficient (Wildman–Crippen LogP) is 3.43. The van der Waals surface area contributed by atoms with Crippen molar-refractivity contribution in [3.8, 4) is 11.8 Å². The minimum atomic E-state index is 0.129. The van der Waals surface area contributed by atoms with Gasteiger partial charge in [0.15, 0.2) is 0 Å². The van der Waals surface area contributed by atoms with Crippen LogP contribution < -0.4 is 5.73 Å². The fourth-order valence-electron chi connectivity index (χ4n) is 3.96. The maximum atomic E-state index is 10.8. The molecule has 1 saturated heterocycles. The van der Waals surface area contributed by atoms with Crippen molar-refractivity contribution >= 4 is 6.29 Å². The number of piperidine rings is 1. The number of aldehydes is 1. The summed E-state index contributed by atoms with van der Waals surface area (Å²) in [5.74, 6) is 8.18. The van der Waals surface area contributed by atoms with E-state index in [0.717, 1.165) is 50.4 Å². The Morgan fingerprint density at radius 1 is 1.15 bits per heavy atom. The molecule has 0 bridgehead atoms. The molecule has 1 aliphatic heterocycles. The van der Waals surface area contributed by atoms with Crippen molar-refractivity contribution in [1.29, 1.82) is 0 Å². The van der Waals surface area contributed by atoms with Crippen LogP contribution in [0.2, 0.25) is 0 Å². The summed E-state index contributed by atoms with van der Waals surface area (Å²) in [4.78, 5) is 13.0. The molecule has 4 nitrogen and oxygen atoms in total. The van der Waals surface area contributed by atoms with Gasteiger partial charge in [-0.05, 0) is 69.9 Å². The van der Waals surface area contributed by atoms with Crippen molar-refractivity contribution in [1.82, 2.24) is 4.90 Å². The normalized spacial score (nSPS) is 33.5. The zero-order valence-corrected chi connectivity index (χ0v) is 16.8. The van der Waals surface area contributed by atoms with Crippen molar-refractivity contribution < 1.29 is 9.53 Å². The summed E-state index contributed by atoms with van der Waals surface area (Å²) in [7, 11) is 2.09. The number of allylic oxidation sites excluding steroid dienone is 4. The van der Waals surface area contributed by atoms with E-state index in [9.17, 15) is 4.79 Å². The van der Waals surface area contributed by atoms with Gasteiger partial charge >= 0.3 is 0 Å². The number of likely N-dealkylation sites (N-methyl/N-ethyl adjacent to an activating group) is 1. The molecule has 2 N–H and O–H groups in total. The predicted molar refractivity (Wildman–Crippen MR) is 109 cm³/mol. The van der Waals surface area contributed by atoms with Crippen LogP contribution in [0.3, 0.4) is 0 Å². The van der Waals surface area contributed by atoms with Gasteiger partial charge in [0.2, 0.25) is 0 Å². The van der Waals surface area contributed by atoms with Crippen LogP contribution in [0.1, 0.15) is 58.3 Å². The van der Waals surface area contributed by atoms with Crippen LogP contribution >= 0.6 is 0 Å². The summed E-state index contributed by atoms with van der Waals surface area (Å²) < 4.78 is 6.28. The third-order valence-electron chi connectivity index (χ3n) is 6.15. The molecule has 1 heterocycles. The van der Waals surface area contributed by atoms with Crippen molar-refractivity contribution in [2.45, 2.75) is 76.5 Å². The number of carbonyl (C=O) groups excluding carboxylic acids is 1. The molecule has 3 rings (SSSR count). The van der Waals surface area contributed by atoms with Crippen LogP contribution in [0.25, 0.3) is 0 Å². The maximum absolute atomic E-state index is 10.8. The van der Waals surface area contributed by atoms with E-state index in [1.807, 2.05) is 19.1 Å². The van der Waals surface area contributed by atoms with Crippen LogP contribution in [-0.4, -0.2) is 43.0 Å². The Balaban J connectivity index is 1.47. The SMILES string of the molecule is C/C(C=O)=C/C=C1/CCC(N)C(COC2CCC(C#CC3CC3)CC2)N1C. The molecule has 3 aliphatic rings. The molecular weight excluding hydrogens is 336 g/mol. The van der Waals surface area contributed by atoms with Gasteiger partial charge in [-0.2, -0.15) is 0 Å². The molecule has 27 heavy (non-hydrogen) atoms. The average molecular weight is 371 g/mol. The van der Waals surface area contributed by atoms with Crippen molar-refractivity contribution in [3.63, 3.8) is 0 Å². The number of nitrogens with zero attached hydrogens (tertiary/aromatic N) is 1. The highest BCUT2D eigenvalue weighted by atomic mass is 16.5. The Labute approximate surface area is 164 Å². The van der Waals surface area contributed by atoms with Gasteiger partial charge in [0.05, 0.1) is 18.8 Å². The first-order valence-electron chi connectivity index (χ1n) is 10.5. The van der Waals surface area contributed by atoms with Gasteiger partial charge in [-0.1, -0.05) is 17.9 Å². The Kier molecular flexibility index (Phi) is 7.15.